The van der Waals surface area contributed by atoms with Gasteiger partial charge in [-0.3, -0.25) is 9.36 Å². The Bertz CT molecular complexity index is 1340. The first kappa shape index (κ1) is 18.5. The number of aromatic hydroxyl groups is 1. The number of carbonyl (C=O) groups is 1. The topological polar surface area (TPSA) is 112 Å². The lowest BCUT2D eigenvalue weighted by atomic mass is 10.1. The lowest BCUT2D eigenvalue weighted by Gasteiger charge is -2.09. The third-order valence-electron chi connectivity index (χ3n) is 4.72. The number of nitrogens with zero attached hydrogens (tertiary/aromatic N) is 1. The van der Waals surface area contributed by atoms with Gasteiger partial charge in [-0.2, -0.15) is 0 Å². The van der Waals surface area contributed by atoms with Gasteiger partial charge in [0.05, 0.1) is 11.9 Å². The van der Waals surface area contributed by atoms with Gasteiger partial charge in [-0.05, 0) is 31.2 Å². The van der Waals surface area contributed by atoms with Crippen molar-refractivity contribution in [2.75, 3.05) is 0 Å². The van der Waals surface area contributed by atoms with Crippen LogP contribution in [0.25, 0.3) is 22.1 Å². The first-order valence-electron chi connectivity index (χ1n) is 8.93. The molecule has 29 heavy (non-hydrogen) atoms. The van der Waals surface area contributed by atoms with Gasteiger partial charge >= 0.3 is 17.4 Å². The molecule has 0 aliphatic carbocycles. The molecule has 148 valence electrons. The molecule has 2 heterocycles. The summed E-state index contributed by atoms with van der Waals surface area (Å²) in [7, 11) is 0. The van der Waals surface area contributed by atoms with Crippen molar-refractivity contribution in [2.24, 2.45) is 0 Å². The fourth-order valence-electron chi connectivity index (χ4n) is 3.19. The van der Waals surface area contributed by atoms with Gasteiger partial charge in [-0.15, -0.1) is 0 Å². The third-order valence-corrected chi connectivity index (χ3v) is 4.72. The Morgan fingerprint density at radius 3 is 2.76 bits per heavy atom. The summed E-state index contributed by atoms with van der Waals surface area (Å²) in [5.41, 5.74) is 1.60. The van der Waals surface area contributed by atoms with Gasteiger partial charge in [0.1, 0.15) is 17.9 Å². The summed E-state index contributed by atoms with van der Waals surface area (Å²) in [5, 5.41) is 10.4. The molecule has 0 atom stereocenters. The Morgan fingerprint density at radius 1 is 1.14 bits per heavy atom. The Kier molecular flexibility index (Phi) is 4.67. The van der Waals surface area contributed by atoms with Gasteiger partial charge in [-0.1, -0.05) is 12.1 Å². The number of hydrogen-bond acceptors (Lipinski definition) is 7. The van der Waals surface area contributed by atoms with Crippen molar-refractivity contribution in [3.63, 3.8) is 0 Å². The van der Waals surface area contributed by atoms with Crippen LogP contribution in [0.3, 0.4) is 0 Å². The molecule has 0 aliphatic heterocycles. The maximum atomic E-state index is 12.2. The summed E-state index contributed by atoms with van der Waals surface area (Å²) in [5.74, 6) is -1.06. The molecule has 8 nitrogen and oxygen atoms in total. The van der Waals surface area contributed by atoms with Crippen molar-refractivity contribution >= 4 is 28.0 Å². The van der Waals surface area contributed by atoms with Crippen LogP contribution in [-0.2, 0) is 22.7 Å². The molecule has 0 radical (unpaired) electrons. The number of oxazole rings is 1. The van der Waals surface area contributed by atoms with Crippen LogP contribution in [0.5, 0.6) is 5.75 Å². The van der Waals surface area contributed by atoms with Crippen molar-refractivity contribution in [1.29, 1.82) is 0 Å². The molecular formula is C21H17NO7. The first-order valence-corrected chi connectivity index (χ1v) is 8.93. The van der Waals surface area contributed by atoms with E-state index in [0.29, 0.717) is 27.6 Å². The zero-order valence-electron chi connectivity index (χ0n) is 15.5. The van der Waals surface area contributed by atoms with E-state index in [1.54, 1.807) is 37.3 Å². The minimum Gasteiger partial charge on any atom is -0.508 e. The quantitative estimate of drug-likeness (QED) is 0.408. The lowest BCUT2D eigenvalue weighted by molar-refractivity contribution is -0.145. The van der Waals surface area contributed by atoms with Crippen LogP contribution < -0.4 is 11.4 Å². The summed E-state index contributed by atoms with van der Waals surface area (Å²) >= 11 is 0. The van der Waals surface area contributed by atoms with E-state index in [1.165, 1.54) is 16.7 Å². The fourth-order valence-corrected chi connectivity index (χ4v) is 3.19. The molecule has 8 heteroatoms. The van der Waals surface area contributed by atoms with Gasteiger partial charge in [-0.25, -0.2) is 9.59 Å². The predicted molar refractivity (Wildman–Crippen MR) is 104 cm³/mol. The monoisotopic (exact) mass is 395 g/mol. The standard InChI is InChI=1S/C21H17NO7/c1-12-16(23)7-6-14-13(10-19(25)29-20(12)14)11-27-18(24)8-9-22-15-4-2-3-5-17(15)28-21(22)26/h2-7,10,23H,8-9,11H2,1H3. The normalized spacial score (nSPS) is 11.2. The highest BCUT2D eigenvalue weighted by Gasteiger charge is 2.14. The number of esters is 1. The number of carbonyl (C=O) groups excluding carboxylic acids is 1. The summed E-state index contributed by atoms with van der Waals surface area (Å²) in [4.78, 5) is 36.0. The number of benzene rings is 2. The molecule has 0 bridgehead atoms. The van der Waals surface area contributed by atoms with Gasteiger partial charge < -0.3 is 18.7 Å². The molecule has 4 rings (SSSR count). The van der Waals surface area contributed by atoms with Crippen LogP contribution in [0.4, 0.5) is 0 Å². The Morgan fingerprint density at radius 2 is 1.93 bits per heavy atom. The smallest absolute Gasteiger partial charge is 0.419 e. The van der Waals surface area contributed by atoms with Gasteiger partial charge in [0.25, 0.3) is 0 Å². The number of fused-ring (bicyclic) bond motifs is 2. The highest BCUT2D eigenvalue weighted by Crippen LogP contribution is 2.27. The molecule has 1 N–H and O–H groups in total. The lowest BCUT2D eigenvalue weighted by Crippen LogP contribution is -2.17. The van der Waals surface area contributed by atoms with Crippen LogP contribution in [-0.4, -0.2) is 15.6 Å². The van der Waals surface area contributed by atoms with Crippen LogP contribution in [0, 0.1) is 6.92 Å². The molecule has 0 amide bonds. The molecule has 0 saturated carbocycles. The van der Waals surface area contributed by atoms with E-state index in [0.717, 1.165) is 0 Å². The maximum Gasteiger partial charge on any atom is 0.419 e. The highest BCUT2D eigenvalue weighted by atomic mass is 16.5. The number of aryl methyl sites for hydroxylation is 2. The number of rotatable bonds is 5. The van der Waals surface area contributed by atoms with E-state index >= 15 is 0 Å². The van der Waals surface area contributed by atoms with Gasteiger partial charge in [0.2, 0.25) is 0 Å². The second kappa shape index (κ2) is 7.31. The minimum atomic E-state index is -0.603. The Labute approximate surface area is 163 Å². The van der Waals surface area contributed by atoms with E-state index in [1.807, 2.05) is 0 Å². The zero-order chi connectivity index (χ0) is 20.5. The predicted octanol–water partition coefficient (Wildman–Crippen LogP) is 2.85. The molecule has 2 aromatic heterocycles. The van der Waals surface area contributed by atoms with E-state index in [9.17, 15) is 19.5 Å². The second-order valence-corrected chi connectivity index (χ2v) is 6.58. The second-order valence-electron chi connectivity index (χ2n) is 6.58. The number of ether oxygens (including phenoxy) is 1. The number of para-hydroxylation sites is 2. The van der Waals surface area contributed by atoms with Crippen molar-refractivity contribution in [3.05, 3.63) is 74.6 Å². The Hall–Kier alpha value is -3.81. The average molecular weight is 395 g/mol. The molecular weight excluding hydrogens is 378 g/mol. The number of aromatic nitrogens is 1. The summed E-state index contributed by atoms with van der Waals surface area (Å²) in [6, 6.07) is 11.3. The van der Waals surface area contributed by atoms with Gasteiger partial charge in [0, 0.05) is 29.1 Å². The molecule has 4 aromatic rings. The summed E-state index contributed by atoms with van der Waals surface area (Å²) in [6.45, 7) is 1.61. The first-order chi connectivity index (χ1) is 13.9. The van der Waals surface area contributed by atoms with E-state index in [2.05, 4.69) is 0 Å². The van der Waals surface area contributed by atoms with Crippen molar-refractivity contribution in [3.8, 4) is 5.75 Å². The number of hydrogen-bond donors (Lipinski definition) is 1. The molecule has 0 saturated heterocycles. The average Bonchev–Trinajstić information content (AvgIpc) is 3.02. The SMILES string of the molecule is Cc1c(O)ccc2c(COC(=O)CCn3c(=O)oc4ccccc43)cc(=O)oc12. The minimum absolute atomic E-state index is 0.00701. The highest BCUT2D eigenvalue weighted by molar-refractivity contribution is 5.85. The maximum absolute atomic E-state index is 12.2. The molecule has 0 aliphatic rings. The largest absolute Gasteiger partial charge is 0.508 e. The molecule has 2 aromatic carbocycles. The van der Waals surface area contributed by atoms with Crippen LogP contribution in [0.2, 0.25) is 0 Å². The zero-order valence-corrected chi connectivity index (χ0v) is 15.5. The van der Waals surface area contributed by atoms with Crippen LogP contribution in [0.15, 0.2) is 60.9 Å². The van der Waals surface area contributed by atoms with E-state index < -0.39 is 17.4 Å². The number of phenols is 1. The van der Waals surface area contributed by atoms with E-state index in [4.69, 9.17) is 13.6 Å². The van der Waals surface area contributed by atoms with Crippen molar-refractivity contribution < 1.29 is 23.5 Å². The van der Waals surface area contributed by atoms with Crippen molar-refractivity contribution in [2.45, 2.75) is 26.5 Å². The molecule has 0 spiro atoms. The summed E-state index contributed by atoms with van der Waals surface area (Å²) < 4.78 is 17.0. The van der Waals surface area contributed by atoms with Crippen LogP contribution in [0.1, 0.15) is 17.5 Å². The molecule has 0 unspecified atom stereocenters. The third kappa shape index (κ3) is 3.52. The molecule has 0 fully saturated rings. The van der Waals surface area contributed by atoms with E-state index in [-0.39, 0.29) is 30.9 Å². The van der Waals surface area contributed by atoms with Crippen LogP contribution >= 0.6 is 0 Å². The Balaban J connectivity index is 1.49. The number of phenolic OH excluding ortho intramolecular Hbond substituents is 1. The van der Waals surface area contributed by atoms with Crippen molar-refractivity contribution in [1.82, 2.24) is 4.57 Å². The fraction of sp³-hybridized carbons (Fsp3) is 0.190. The summed E-state index contributed by atoms with van der Waals surface area (Å²) in [6.07, 6.45) is -0.0391. The van der Waals surface area contributed by atoms with Gasteiger partial charge in [0.15, 0.2) is 5.58 Å².